The average molecular weight is 399 g/mol. The van der Waals surface area contributed by atoms with Crippen LogP contribution in [0, 0.1) is 0 Å². The second-order valence-corrected chi connectivity index (χ2v) is 9.60. The van der Waals surface area contributed by atoms with E-state index in [4.69, 9.17) is 4.74 Å². The molecule has 27 heavy (non-hydrogen) atoms. The Hall–Kier alpha value is -1.69. The van der Waals surface area contributed by atoms with Gasteiger partial charge in [-0.15, -0.1) is 11.3 Å². The zero-order valence-corrected chi connectivity index (χ0v) is 17.1. The minimum Gasteiger partial charge on any atom is -0.379 e. The van der Waals surface area contributed by atoms with Crippen molar-refractivity contribution in [2.45, 2.75) is 30.9 Å². The number of fused-ring (bicyclic) bond motifs is 2. The lowest BCUT2D eigenvalue weighted by Gasteiger charge is -2.29. The van der Waals surface area contributed by atoms with E-state index in [0.717, 1.165) is 44.6 Å². The number of benzene rings is 2. The van der Waals surface area contributed by atoms with Gasteiger partial charge in [0.25, 0.3) is 0 Å². The molecule has 5 heteroatoms. The molecule has 1 aliphatic heterocycles. The van der Waals surface area contributed by atoms with Crippen LogP contribution in [0.15, 0.2) is 41.2 Å². The van der Waals surface area contributed by atoms with Gasteiger partial charge in [-0.1, -0.05) is 32.0 Å². The van der Waals surface area contributed by atoms with Gasteiger partial charge in [-0.25, -0.2) is 0 Å². The summed E-state index contributed by atoms with van der Waals surface area (Å²) < 4.78 is 7.58. The molecule has 2 aromatic carbocycles. The van der Waals surface area contributed by atoms with Crippen molar-refractivity contribution in [3.63, 3.8) is 0 Å². The predicted octanol–water partition coefficient (Wildman–Crippen LogP) is 4.95. The van der Waals surface area contributed by atoms with E-state index in [1.54, 1.807) is 23.1 Å². The monoisotopic (exact) mass is 398 g/mol. The van der Waals surface area contributed by atoms with Gasteiger partial charge in [-0.2, -0.15) is 11.8 Å². The molecule has 1 saturated heterocycles. The molecule has 3 aromatic rings. The van der Waals surface area contributed by atoms with E-state index in [9.17, 15) is 9.59 Å². The van der Waals surface area contributed by atoms with E-state index in [0.29, 0.717) is 12.0 Å². The van der Waals surface area contributed by atoms with E-state index >= 15 is 0 Å². The van der Waals surface area contributed by atoms with Gasteiger partial charge in [0, 0.05) is 31.2 Å². The van der Waals surface area contributed by atoms with Gasteiger partial charge in [0.15, 0.2) is 5.43 Å². The number of rotatable bonds is 4. The minimum absolute atomic E-state index is 0.0328. The summed E-state index contributed by atoms with van der Waals surface area (Å²) in [6, 6.07) is 11.9. The molecular formula is C22H22O3S2. The third-order valence-corrected chi connectivity index (χ3v) is 7.56. The summed E-state index contributed by atoms with van der Waals surface area (Å²) in [6.07, 6.45) is 1.02. The fourth-order valence-corrected chi connectivity index (χ4v) is 6.06. The van der Waals surface area contributed by atoms with Crippen LogP contribution in [-0.2, 0) is 9.53 Å². The first-order chi connectivity index (χ1) is 13.1. The van der Waals surface area contributed by atoms with Gasteiger partial charge >= 0.3 is 0 Å². The molecule has 0 saturated carbocycles. The van der Waals surface area contributed by atoms with E-state index in [2.05, 4.69) is 19.9 Å². The zero-order valence-electron chi connectivity index (χ0n) is 15.4. The normalized spacial score (nSPS) is 18.9. The van der Waals surface area contributed by atoms with Crippen LogP contribution in [0.25, 0.3) is 20.2 Å². The molecule has 4 rings (SSSR count). The Labute approximate surface area is 166 Å². The highest BCUT2D eigenvalue weighted by atomic mass is 32.2. The van der Waals surface area contributed by atoms with Gasteiger partial charge in [0.2, 0.25) is 0 Å². The standard InChI is InChI=1S/C22H22O3S2/c1-13(2)14-7-8-18-21(22(24)15-5-3-4-6-17(15)27-18)20(14)16(11-23)19-12-25-9-10-26-19/h3-8,11,13,16,19H,9-10,12H2,1-2H3. The summed E-state index contributed by atoms with van der Waals surface area (Å²) in [5.74, 6) is 0.779. The molecule has 1 fully saturated rings. The number of thioether (sulfide) groups is 1. The minimum atomic E-state index is -0.336. The average Bonchev–Trinajstić information content (AvgIpc) is 2.69. The Balaban J connectivity index is 2.05. The van der Waals surface area contributed by atoms with Gasteiger partial charge in [-0.3, -0.25) is 4.79 Å². The highest BCUT2D eigenvalue weighted by molar-refractivity contribution is 8.00. The molecule has 2 atom stereocenters. The number of ether oxygens (including phenoxy) is 1. The lowest BCUT2D eigenvalue weighted by atomic mass is 9.85. The van der Waals surface area contributed by atoms with E-state index in [1.807, 2.05) is 30.3 Å². The van der Waals surface area contributed by atoms with E-state index in [-0.39, 0.29) is 22.5 Å². The van der Waals surface area contributed by atoms with Crippen molar-refractivity contribution in [1.82, 2.24) is 0 Å². The maximum atomic E-state index is 13.4. The Morgan fingerprint density at radius 1 is 1.15 bits per heavy atom. The van der Waals surface area contributed by atoms with Gasteiger partial charge in [-0.05, 0) is 35.2 Å². The molecule has 0 bridgehead atoms. The van der Waals surface area contributed by atoms with Crippen molar-refractivity contribution in [2.24, 2.45) is 0 Å². The molecule has 3 nitrogen and oxygen atoms in total. The first kappa shape index (κ1) is 18.7. The number of carbonyl (C=O) groups excluding carboxylic acids is 1. The fourth-order valence-electron chi connectivity index (χ4n) is 3.85. The summed E-state index contributed by atoms with van der Waals surface area (Å²) in [7, 11) is 0. The van der Waals surface area contributed by atoms with Crippen LogP contribution >= 0.6 is 23.1 Å². The van der Waals surface area contributed by atoms with Crippen molar-refractivity contribution in [3.05, 3.63) is 57.7 Å². The Morgan fingerprint density at radius 2 is 1.96 bits per heavy atom. The van der Waals surface area contributed by atoms with Crippen molar-refractivity contribution in [1.29, 1.82) is 0 Å². The molecule has 0 aliphatic carbocycles. The largest absolute Gasteiger partial charge is 0.379 e. The van der Waals surface area contributed by atoms with Crippen LogP contribution in [0.4, 0.5) is 0 Å². The Morgan fingerprint density at radius 3 is 2.67 bits per heavy atom. The SMILES string of the molecule is CC(C)c1ccc2sc3ccccc3c(=O)c2c1C(C=O)C1COCCS1. The summed E-state index contributed by atoms with van der Waals surface area (Å²) in [6.45, 7) is 5.50. The molecule has 2 unspecified atom stereocenters. The second-order valence-electron chi connectivity index (χ2n) is 7.17. The van der Waals surface area contributed by atoms with Gasteiger partial charge in [0.05, 0.1) is 19.1 Å². The quantitative estimate of drug-likeness (QED) is 0.461. The summed E-state index contributed by atoms with van der Waals surface area (Å²) >= 11 is 3.39. The molecule has 1 aliphatic rings. The molecular weight excluding hydrogens is 376 g/mol. The third kappa shape index (κ3) is 3.33. The zero-order chi connectivity index (χ0) is 19.0. The summed E-state index contributed by atoms with van der Waals surface area (Å²) in [4.78, 5) is 25.7. The van der Waals surface area contributed by atoms with Crippen molar-refractivity contribution in [3.8, 4) is 0 Å². The molecule has 0 radical (unpaired) electrons. The van der Waals surface area contributed by atoms with E-state index < -0.39 is 0 Å². The number of hydrogen-bond donors (Lipinski definition) is 0. The maximum Gasteiger partial charge on any atom is 0.196 e. The molecule has 0 spiro atoms. The summed E-state index contributed by atoms with van der Waals surface area (Å²) in [5, 5.41) is 1.50. The lowest BCUT2D eigenvalue weighted by molar-refractivity contribution is -0.109. The van der Waals surface area contributed by atoms with Crippen LogP contribution in [-0.4, -0.2) is 30.5 Å². The highest BCUT2D eigenvalue weighted by Crippen LogP contribution is 2.39. The van der Waals surface area contributed by atoms with Crippen molar-refractivity contribution >= 4 is 49.6 Å². The van der Waals surface area contributed by atoms with Crippen LogP contribution in [0.5, 0.6) is 0 Å². The molecule has 0 N–H and O–H groups in total. The Kier molecular flexibility index (Phi) is 5.35. The molecule has 1 aromatic heterocycles. The van der Waals surface area contributed by atoms with Crippen LogP contribution in [0.2, 0.25) is 0 Å². The number of carbonyl (C=O) groups is 1. The topological polar surface area (TPSA) is 43.4 Å². The van der Waals surface area contributed by atoms with Crippen LogP contribution in [0.1, 0.15) is 36.8 Å². The molecule has 0 amide bonds. The van der Waals surface area contributed by atoms with Crippen LogP contribution < -0.4 is 5.43 Å². The van der Waals surface area contributed by atoms with Crippen molar-refractivity contribution < 1.29 is 9.53 Å². The number of aldehydes is 1. The second kappa shape index (κ2) is 7.74. The third-order valence-electron chi connectivity index (χ3n) is 5.16. The maximum absolute atomic E-state index is 13.4. The predicted molar refractivity (Wildman–Crippen MR) is 116 cm³/mol. The van der Waals surface area contributed by atoms with E-state index in [1.165, 1.54) is 0 Å². The first-order valence-electron chi connectivity index (χ1n) is 9.24. The molecule has 140 valence electrons. The smallest absolute Gasteiger partial charge is 0.196 e. The van der Waals surface area contributed by atoms with Gasteiger partial charge in [0.1, 0.15) is 6.29 Å². The first-order valence-corrected chi connectivity index (χ1v) is 11.1. The Bertz CT molecular complexity index is 1050. The number of hydrogen-bond acceptors (Lipinski definition) is 5. The summed E-state index contributed by atoms with van der Waals surface area (Å²) in [5.41, 5.74) is 2.03. The van der Waals surface area contributed by atoms with Gasteiger partial charge < -0.3 is 9.53 Å². The fraction of sp³-hybridized carbons (Fsp3) is 0.364. The van der Waals surface area contributed by atoms with Crippen molar-refractivity contribution in [2.75, 3.05) is 19.0 Å². The lowest BCUT2D eigenvalue weighted by Crippen LogP contribution is -2.29. The highest BCUT2D eigenvalue weighted by Gasteiger charge is 2.31. The molecule has 2 heterocycles. The van der Waals surface area contributed by atoms with Crippen LogP contribution in [0.3, 0.4) is 0 Å².